The van der Waals surface area contributed by atoms with Crippen molar-refractivity contribution in [3.8, 4) is 0 Å². The van der Waals surface area contributed by atoms with Crippen molar-refractivity contribution in [1.29, 1.82) is 0 Å². The van der Waals surface area contributed by atoms with Gasteiger partial charge in [0.25, 0.3) is 0 Å². The van der Waals surface area contributed by atoms with E-state index in [9.17, 15) is 0 Å². The molecule has 1 atom stereocenters. The standard InChI is InChI=1S/C15H23NS/c1-13(12-16-14-9-10-14)6-5-11-17-15-7-3-2-4-8-15/h2-4,7-8,13-14,16H,5-6,9-12H2,1H3. The van der Waals surface area contributed by atoms with Crippen molar-refractivity contribution in [2.45, 2.75) is 43.5 Å². The van der Waals surface area contributed by atoms with E-state index in [2.05, 4.69) is 42.6 Å². The van der Waals surface area contributed by atoms with Gasteiger partial charge in [-0.15, -0.1) is 11.8 Å². The van der Waals surface area contributed by atoms with Crippen LogP contribution in [0.25, 0.3) is 0 Å². The van der Waals surface area contributed by atoms with Gasteiger partial charge in [-0.2, -0.15) is 0 Å². The average Bonchev–Trinajstić information content (AvgIpc) is 3.17. The van der Waals surface area contributed by atoms with E-state index in [1.807, 2.05) is 11.8 Å². The predicted octanol–water partition coefficient (Wildman–Crippen LogP) is 3.95. The zero-order chi connectivity index (χ0) is 11.9. The highest BCUT2D eigenvalue weighted by Crippen LogP contribution is 2.21. The molecular weight excluding hydrogens is 226 g/mol. The van der Waals surface area contributed by atoms with Crippen LogP contribution in [0.15, 0.2) is 35.2 Å². The summed E-state index contributed by atoms with van der Waals surface area (Å²) in [7, 11) is 0. The highest BCUT2D eigenvalue weighted by molar-refractivity contribution is 7.99. The van der Waals surface area contributed by atoms with Crippen LogP contribution in [0.4, 0.5) is 0 Å². The molecule has 1 fully saturated rings. The number of hydrogen-bond acceptors (Lipinski definition) is 2. The molecule has 0 spiro atoms. The largest absolute Gasteiger partial charge is 0.314 e. The van der Waals surface area contributed by atoms with Crippen LogP contribution in [-0.4, -0.2) is 18.3 Å². The molecule has 1 saturated carbocycles. The van der Waals surface area contributed by atoms with Crippen LogP contribution in [0.3, 0.4) is 0 Å². The summed E-state index contributed by atoms with van der Waals surface area (Å²) in [5.74, 6) is 2.07. The molecule has 2 heteroatoms. The minimum atomic E-state index is 0.826. The molecule has 0 amide bonds. The summed E-state index contributed by atoms with van der Waals surface area (Å²) < 4.78 is 0. The first-order valence-corrected chi connectivity index (χ1v) is 7.74. The van der Waals surface area contributed by atoms with Gasteiger partial charge in [0.05, 0.1) is 0 Å². The lowest BCUT2D eigenvalue weighted by Crippen LogP contribution is -2.23. The minimum Gasteiger partial charge on any atom is -0.314 e. The summed E-state index contributed by atoms with van der Waals surface area (Å²) in [5.41, 5.74) is 0. The van der Waals surface area contributed by atoms with Gasteiger partial charge in [-0.3, -0.25) is 0 Å². The van der Waals surface area contributed by atoms with Gasteiger partial charge in [-0.25, -0.2) is 0 Å². The van der Waals surface area contributed by atoms with E-state index in [0.29, 0.717) is 0 Å². The maximum atomic E-state index is 3.61. The molecule has 1 aliphatic carbocycles. The summed E-state index contributed by atoms with van der Waals surface area (Å²) in [4.78, 5) is 1.40. The smallest absolute Gasteiger partial charge is 0.00719 e. The van der Waals surface area contributed by atoms with Crippen molar-refractivity contribution in [2.75, 3.05) is 12.3 Å². The highest BCUT2D eigenvalue weighted by Gasteiger charge is 2.20. The summed E-state index contributed by atoms with van der Waals surface area (Å²) in [6, 6.07) is 11.6. The molecule has 0 aromatic heterocycles. The average molecular weight is 249 g/mol. The van der Waals surface area contributed by atoms with Crippen molar-refractivity contribution >= 4 is 11.8 Å². The second kappa shape index (κ2) is 7.07. The fourth-order valence-corrected chi connectivity index (χ4v) is 2.79. The van der Waals surface area contributed by atoms with Crippen LogP contribution in [0.1, 0.15) is 32.6 Å². The van der Waals surface area contributed by atoms with Gasteiger partial charge >= 0.3 is 0 Å². The first kappa shape index (κ1) is 13.0. The maximum absolute atomic E-state index is 3.61. The zero-order valence-electron chi connectivity index (χ0n) is 10.7. The maximum Gasteiger partial charge on any atom is 0.00719 e. The molecule has 0 saturated heterocycles. The van der Waals surface area contributed by atoms with Gasteiger partial charge in [-0.1, -0.05) is 25.1 Å². The normalized spacial score (nSPS) is 17.0. The Morgan fingerprint density at radius 3 is 2.76 bits per heavy atom. The van der Waals surface area contributed by atoms with E-state index < -0.39 is 0 Å². The van der Waals surface area contributed by atoms with Crippen LogP contribution in [0.2, 0.25) is 0 Å². The summed E-state index contributed by atoms with van der Waals surface area (Å²) in [6.45, 7) is 3.57. The first-order valence-electron chi connectivity index (χ1n) is 6.76. The van der Waals surface area contributed by atoms with E-state index in [0.717, 1.165) is 12.0 Å². The first-order chi connectivity index (χ1) is 8.34. The van der Waals surface area contributed by atoms with Gasteiger partial charge in [0.2, 0.25) is 0 Å². The predicted molar refractivity (Wildman–Crippen MR) is 76.6 cm³/mol. The van der Waals surface area contributed by atoms with Crippen molar-refractivity contribution < 1.29 is 0 Å². The molecule has 0 heterocycles. The Morgan fingerprint density at radius 1 is 1.29 bits per heavy atom. The molecule has 1 unspecified atom stereocenters. The molecule has 1 aliphatic rings. The minimum absolute atomic E-state index is 0.826. The molecule has 2 rings (SSSR count). The van der Waals surface area contributed by atoms with Crippen molar-refractivity contribution in [3.63, 3.8) is 0 Å². The third-order valence-electron chi connectivity index (χ3n) is 3.19. The molecule has 0 bridgehead atoms. The molecular formula is C15H23NS. The Labute approximate surface area is 109 Å². The van der Waals surface area contributed by atoms with E-state index in [1.165, 1.54) is 42.9 Å². The second-order valence-corrected chi connectivity index (χ2v) is 6.26. The monoisotopic (exact) mass is 249 g/mol. The number of nitrogens with one attached hydrogen (secondary N) is 1. The summed E-state index contributed by atoms with van der Waals surface area (Å²) >= 11 is 1.98. The van der Waals surface area contributed by atoms with Crippen LogP contribution in [0.5, 0.6) is 0 Å². The van der Waals surface area contributed by atoms with Crippen molar-refractivity contribution in [3.05, 3.63) is 30.3 Å². The molecule has 1 aromatic carbocycles. The Morgan fingerprint density at radius 2 is 2.06 bits per heavy atom. The lowest BCUT2D eigenvalue weighted by atomic mass is 10.1. The fourth-order valence-electron chi connectivity index (χ4n) is 1.90. The third kappa shape index (κ3) is 5.60. The fraction of sp³-hybridized carbons (Fsp3) is 0.600. The number of hydrogen-bond donors (Lipinski definition) is 1. The Balaban J connectivity index is 1.50. The molecule has 1 nitrogen and oxygen atoms in total. The summed E-state index contributed by atoms with van der Waals surface area (Å²) in [6.07, 6.45) is 5.47. The van der Waals surface area contributed by atoms with Gasteiger partial charge in [0.15, 0.2) is 0 Å². The number of rotatable bonds is 8. The molecule has 1 aromatic rings. The van der Waals surface area contributed by atoms with Gasteiger partial charge < -0.3 is 5.32 Å². The molecule has 1 N–H and O–H groups in total. The van der Waals surface area contributed by atoms with E-state index in [4.69, 9.17) is 0 Å². The van der Waals surface area contributed by atoms with Crippen LogP contribution in [-0.2, 0) is 0 Å². The van der Waals surface area contributed by atoms with Gasteiger partial charge in [-0.05, 0) is 56.0 Å². The lowest BCUT2D eigenvalue weighted by molar-refractivity contribution is 0.476. The van der Waals surface area contributed by atoms with Crippen LogP contribution >= 0.6 is 11.8 Å². The lowest BCUT2D eigenvalue weighted by Gasteiger charge is -2.11. The SMILES string of the molecule is CC(CCCSc1ccccc1)CNC1CC1. The number of benzene rings is 1. The Bertz CT molecular complexity index is 308. The molecule has 94 valence electrons. The topological polar surface area (TPSA) is 12.0 Å². The molecule has 17 heavy (non-hydrogen) atoms. The highest BCUT2D eigenvalue weighted by atomic mass is 32.2. The molecule has 0 radical (unpaired) electrons. The Hall–Kier alpha value is -0.470. The second-order valence-electron chi connectivity index (χ2n) is 5.09. The van der Waals surface area contributed by atoms with E-state index in [1.54, 1.807) is 0 Å². The quantitative estimate of drug-likeness (QED) is 0.553. The Kier molecular flexibility index (Phi) is 5.40. The van der Waals surface area contributed by atoms with E-state index in [-0.39, 0.29) is 0 Å². The number of thioether (sulfide) groups is 1. The van der Waals surface area contributed by atoms with Gasteiger partial charge in [0, 0.05) is 10.9 Å². The zero-order valence-corrected chi connectivity index (χ0v) is 11.5. The third-order valence-corrected chi connectivity index (χ3v) is 4.28. The molecule has 0 aliphatic heterocycles. The van der Waals surface area contributed by atoms with Crippen LogP contribution in [0, 0.1) is 5.92 Å². The van der Waals surface area contributed by atoms with Crippen molar-refractivity contribution in [1.82, 2.24) is 5.32 Å². The van der Waals surface area contributed by atoms with Crippen LogP contribution < -0.4 is 5.32 Å². The van der Waals surface area contributed by atoms with Crippen molar-refractivity contribution in [2.24, 2.45) is 5.92 Å². The van der Waals surface area contributed by atoms with Gasteiger partial charge in [0.1, 0.15) is 0 Å². The summed E-state index contributed by atoms with van der Waals surface area (Å²) in [5, 5.41) is 3.61. The van der Waals surface area contributed by atoms with E-state index >= 15 is 0 Å².